The van der Waals surface area contributed by atoms with Crippen LogP contribution < -0.4 is 10.6 Å². The van der Waals surface area contributed by atoms with E-state index in [9.17, 15) is 9.59 Å². The van der Waals surface area contributed by atoms with E-state index in [0.29, 0.717) is 17.1 Å². The summed E-state index contributed by atoms with van der Waals surface area (Å²) >= 11 is 0. The maximum atomic E-state index is 12.1. The lowest BCUT2D eigenvalue weighted by atomic mass is 10.2. The number of anilines is 2. The summed E-state index contributed by atoms with van der Waals surface area (Å²) in [7, 11) is 0. The van der Waals surface area contributed by atoms with Crippen LogP contribution >= 0.6 is 0 Å². The first-order valence-electron chi connectivity index (χ1n) is 7.41. The van der Waals surface area contributed by atoms with Crippen LogP contribution in [0.5, 0.6) is 0 Å². The van der Waals surface area contributed by atoms with Crippen molar-refractivity contribution in [1.29, 1.82) is 0 Å². The van der Waals surface area contributed by atoms with Gasteiger partial charge < -0.3 is 10.6 Å². The van der Waals surface area contributed by atoms with Gasteiger partial charge in [0.15, 0.2) is 0 Å². The number of benzene rings is 2. The summed E-state index contributed by atoms with van der Waals surface area (Å²) in [5, 5.41) is 13.5. The molecule has 3 N–H and O–H groups in total. The molecular formula is C18H16N4O2. The third kappa shape index (κ3) is 3.67. The first kappa shape index (κ1) is 15.5. The molecule has 6 heteroatoms. The van der Waals surface area contributed by atoms with E-state index in [1.54, 1.807) is 30.3 Å². The number of carbonyl (C=O) groups is 2. The molecule has 0 spiro atoms. The molecule has 0 aliphatic rings. The molecule has 2 amide bonds. The van der Waals surface area contributed by atoms with Crippen molar-refractivity contribution in [1.82, 2.24) is 10.2 Å². The van der Waals surface area contributed by atoms with Crippen LogP contribution in [0.2, 0.25) is 0 Å². The Kier molecular flexibility index (Phi) is 4.38. The van der Waals surface area contributed by atoms with Crippen LogP contribution in [-0.4, -0.2) is 22.0 Å². The molecule has 3 aromatic rings. The smallest absolute Gasteiger partial charge is 0.248 e. The predicted molar refractivity (Wildman–Crippen MR) is 94.5 cm³/mol. The minimum Gasteiger partial charge on any atom is -0.326 e. The first-order chi connectivity index (χ1) is 11.6. The first-order valence-corrected chi connectivity index (χ1v) is 7.41. The van der Waals surface area contributed by atoms with E-state index in [1.807, 2.05) is 24.3 Å². The standard InChI is InChI=1S/C18H16N4O2/c1-12(23)19-13-5-4-6-14(11-13)20-18(24)10-9-17-15-7-2-3-8-16(15)21-22-17/h2-11H,1H3,(H,19,23)(H,20,24)(H,21,22). The molecule has 3 rings (SSSR count). The van der Waals surface area contributed by atoms with Gasteiger partial charge in [-0.3, -0.25) is 14.7 Å². The number of hydrogen-bond donors (Lipinski definition) is 3. The second kappa shape index (κ2) is 6.78. The Morgan fingerprint density at radius 1 is 1.04 bits per heavy atom. The van der Waals surface area contributed by atoms with E-state index in [1.165, 1.54) is 13.0 Å². The van der Waals surface area contributed by atoms with Crippen molar-refractivity contribution in [2.45, 2.75) is 6.92 Å². The van der Waals surface area contributed by atoms with Crippen LogP contribution in [0.15, 0.2) is 54.6 Å². The molecule has 1 heterocycles. The van der Waals surface area contributed by atoms with Crippen molar-refractivity contribution in [2.75, 3.05) is 10.6 Å². The zero-order chi connectivity index (χ0) is 16.9. The van der Waals surface area contributed by atoms with Crippen molar-refractivity contribution < 1.29 is 9.59 Å². The minimum atomic E-state index is -0.276. The summed E-state index contributed by atoms with van der Waals surface area (Å²) in [6.07, 6.45) is 3.08. The zero-order valence-electron chi connectivity index (χ0n) is 13.0. The Hall–Kier alpha value is -3.41. The Bertz CT molecular complexity index is 927. The van der Waals surface area contributed by atoms with E-state index in [2.05, 4.69) is 20.8 Å². The Balaban J connectivity index is 1.70. The van der Waals surface area contributed by atoms with E-state index in [4.69, 9.17) is 0 Å². The number of amides is 2. The van der Waals surface area contributed by atoms with Gasteiger partial charge in [0, 0.05) is 29.8 Å². The van der Waals surface area contributed by atoms with Crippen molar-refractivity contribution >= 4 is 40.2 Å². The molecular weight excluding hydrogens is 304 g/mol. The van der Waals surface area contributed by atoms with Gasteiger partial charge in [-0.15, -0.1) is 0 Å². The van der Waals surface area contributed by atoms with Gasteiger partial charge in [-0.25, -0.2) is 0 Å². The van der Waals surface area contributed by atoms with Gasteiger partial charge in [-0.1, -0.05) is 24.3 Å². The summed E-state index contributed by atoms with van der Waals surface area (Å²) in [6.45, 7) is 1.43. The highest BCUT2D eigenvalue weighted by atomic mass is 16.2. The van der Waals surface area contributed by atoms with Crippen molar-refractivity contribution in [3.8, 4) is 0 Å². The Labute approximate surface area is 138 Å². The maximum Gasteiger partial charge on any atom is 0.248 e. The molecule has 0 atom stereocenters. The van der Waals surface area contributed by atoms with Crippen LogP contribution in [0, 0.1) is 0 Å². The monoisotopic (exact) mass is 320 g/mol. The van der Waals surface area contributed by atoms with Crippen molar-refractivity contribution in [3.63, 3.8) is 0 Å². The summed E-state index contributed by atoms with van der Waals surface area (Å²) in [5.41, 5.74) is 2.85. The van der Waals surface area contributed by atoms with Gasteiger partial charge in [0.1, 0.15) is 0 Å². The summed E-state index contributed by atoms with van der Waals surface area (Å²) in [6, 6.07) is 14.7. The third-order valence-corrected chi connectivity index (χ3v) is 3.34. The highest BCUT2D eigenvalue weighted by molar-refractivity contribution is 6.03. The average Bonchev–Trinajstić information content (AvgIpc) is 2.96. The highest BCUT2D eigenvalue weighted by Crippen LogP contribution is 2.17. The van der Waals surface area contributed by atoms with E-state index in [-0.39, 0.29) is 11.8 Å². The fourth-order valence-corrected chi connectivity index (χ4v) is 2.33. The second-order valence-electron chi connectivity index (χ2n) is 5.24. The van der Waals surface area contributed by atoms with Crippen LogP contribution in [0.1, 0.15) is 12.6 Å². The zero-order valence-corrected chi connectivity index (χ0v) is 13.0. The predicted octanol–water partition coefficient (Wildman–Crippen LogP) is 3.17. The quantitative estimate of drug-likeness (QED) is 0.645. The topological polar surface area (TPSA) is 86.9 Å². The number of para-hydroxylation sites is 1. The van der Waals surface area contributed by atoms with E-state index < -0.39 is 0 Å². The average molecular weight is 320 g/mol. The molecule has 0 aliphatic carbocycles. The molecule has 24 heavy (non-hydrogen) atoms. The maximum absolute atomic E-state index is 12.1. The molecule has 1 aromatic heterocycles. The number of rotatable bonds is 4. The van der Waals surface area contributed by atoms with Crippen LogP contribution in [0.25, 0.3) is 17.0 Å². The van der Waals surface area contributed by atoms with Gasteiger partial charge in [-0.2, -0.15) is 5.10 Å². The van der Waals surface area contributed by atoms with Gasteiger partial charge >= 0.3 is 0 Å². The highest BCUT2D eigenvalue weighted by Gasteiger charge is 2.03. The lowest BCUT2D eigenvalue weighted by molar-refractivity contribution is -0.114. The fraction of sp³-hybridized carbons (Fsp3) is 0.0556. The lowest BCUT2D eigenvalue weighted by Crippen LogP contribution is -2.09. The van der Waals surface area contributed by atoms with Crippen molar-refractivity contribution in [2.24, 2.45) is 0 Å². The third-order valence-electron chi connectivity index (χ3n) is 3.34. The molecule has 6 nitrogen and oxygen atoms in total. The molecule has 0 aliphatic heterocycles. The number of H-pyrrole nitrogens is 1. The number of nitrogens with one attached hydrogen (secondary N) is 3. The SMILES string of the molecule is CC(=O)Nc1cccc(NC(=O)C=Cc2n[nH]c3ccccc23)c1. The fourth-order valence-electron chi connectivity index (χ4n) is 2.33. The normalized spacial score (nSPS) is 10.9. The number of fused-ring (bicyclic) bond motifs is 1. The van der Waals surface area contributed by atoms with Gasteiger partial charge in [0.2, 0.25) is 11.8 Å². The lowest BCUT2D eigenvalue weighted by Gasteiger charge is -2.06. The number of aromatic nitrogens is 2. The van der Waals surface area contributed by atoms with E-state index in [0.717, 1.165) is 10.9 Å². The second-order valence-corrected chi connectivity index (χ2v) is 5.24. The Morgan fingerprint density at radius 2 is 1.79 bits per heavy atom. The molecule has 0 saturated heterocycles. The summed E-state index contributed by atoms with van der Waals surface area (Å²) in [5.74, 6) is -0.439. The molecule has 2 aromatic carbocycles. The molecule has 0 bridgehead atoms. The van der Waals surface area contributed by atoms with Crippen molar-refractivity contribution in [3.05, 3.63) is 60.3 Å². The van der Waals surface area contributed by atoms with Gasteiger partial charge in [0.05, 0.1) is 11.2 Å². The van der Waals surface area contributed by atoms with Crippen LogP contribution in [-0.2, 0) is 9.59 Å². The largest absolute Gasteiger partial charge is 0.326 e. The minimum absolute atomic E-state index is 0.163. The number of hydrogen-bond acceptors (Lipinski definition) is 3. The summed E-state index contributed by atoms with van der Waals surface area (Å²) in [4.78, 5) is 23.1. The van der Waals surface area contributed by atoms with Gasteiger partial charge in [0.25, 0.3) is 0 Å². The van der Waals surface area contributed by atoms with Crippen LogP contribution in [0.3, 0.4) is 0 Å². The molecule has 0 saturated carbocycles. The van der Waals surface area contributed by atoms with Crippen LogP contribution in [0.4, 0.5) is 11.4 Å². The number of nitrogens with zero attached hydrogens (tertiary/aromatic N) is 1. The molecule has 0 radical (unpaired) electrons. The molecule has 0 fully saturated rings. The molecule has 0 unspecified atom stereocenters. The van der Waals surface area contributed by atoms with Gasteiger partial charge in [-0.05, 0) is 30.3 Å². The van der Waals surface area contributed by atoms with E-state index >= 15 is 0 Å². The summed E-state index contributed by atoms with van der Waals surface area (Å²) < 4.78 is 0. The Morgan fingerprint density at radius 3 is 2.58 bits per heavy atom. The molecule has 120 valence electrons. The number of aromatic amines is 1. The number of carbonyl (C=O) groups excluding carboxylic acids is 2.